The SMILES string of the molecule is CC[C@H](Oc1ccc(Cl)cc1)C(=O)Nc1nnc(-c2ccc(OC)cc2)s1. The molecule has 0 aliphatic heterocycles. The molecular formula is C19H18ClN3O3S. The zero-order valence-electron chi connectivity index (χ0n) is 14.8. The molecule has 0 saturated heterocycles. The average molecular weight is 404 g/mol. The van der Waals surface area contributed by atoms with Gasteiger partial charge in [-0.05, 0) is 55.0 Å². The van der Waals surface area contributed by atoms with Crippen LogP contribution >= 0.6 is 22.9 Å². The Kier molecular flexibility index (Phi) is 6.26. The number of carbonyl (C=O) groups is 1. The Morgan fingerprint density at radius 3 is 2.41 bits per heavy atom. The molecule has 0 fully saturated rings. The normalized spacial score (nSPS) is 11.7. The van der Waals surface area contributed by atoms with Crippen molar-refractivity contribution in [2.75, 3.05) is 12.4 Å². The van der Waals surface area contributed by atoms with Crippen LogP contribution in [0, 0.1) is 0 Å². The minimum atomic E-state index is -0.639. The quantitative estimate of drug-likeness (QED) is 0.620. The molecule has 140 valence electrons. The van der Waals surface area contributed by atoms with Gasteiger partial charge in [-0.15, -0.1) is 10.2 Å². The number of ether oxygens (including phenoxy) is 2. The Morgan fingerprint density at radius 2 is 1.78 bits per heavy atom. The van der Waals surface area contributed by atoms with Gasteiger partial charge in [0.1, 0.15) is 16.5 Å². The van der Waals surface area contributed by atoms with Crippen molar-refractivity contribution < 1.29 is 14.3 Å². The summed E-state index contributed by atoms with van der Waals surface area (Å²) in [6.07, 6.45) is -0.127. The first-order valence-corrected chi connectivity index (χ1v) is 9.49. The summed E-state index contributed by atoms with van der Waals surface area (Å²) in [7, 11) is 1.61. The molecule has 0 spiro atoms. The second-order valence-electron chi connectivity index (χ2n) is 5.60. The largest absolute Gasteiger partial charge is 0.497 e. The first-order valence-electron chi connectivity index (χ1n) is 8.30. The number of hydrogen-bond acceptors (Lipinski definition) is 6. The molecule has 0 radical (unpaired) electrons. The Balaban J connectivity index is 1.65. The molecule has 1 amide bonds. The average Bonchev–Trinajstić information content (AvgIpc) is 3.16. The van der Waals surface area contributed by atoms with Crippen LogP contribution < -0.4 is 14.8 Å². The van der Waals surface area contributed by atoms with E-state index in [-0.39, 0.29) is 5.91 Å². The van der Waals surface area contributed by atoms with Gasteiger partial charge in [0.25, 0.3) is 5.91 Å². The molecule has 0 unspecified atom stereocenters. The maximum absolute atomic E-state index is 12.5. The van der Waals surface area contributed by atoms with Gasteiger partial charge in [0, 0.05) is 10.6 Å². The Bertz CT molecular complexity index is 897. The van der Waals surface area contributed by atoms with Gasteiger partial charge in [-0.3, -0.25) is 10.1 Å². The van der Waals surface area contributed by atoms with E-state index in [0.29, 0.717) is 27.3 Å². The van der Waals surface area contributed by atoms with Crippen LogP contribution in [0.25, 0.3) is 10.6 Å². The molecule has 1 atom stereocenters. The lowest BCUT2D eigenvalue weighted by atomic mass is 10.2. The lowest BCUT2D eigenvalue weighted by Crippen LogP contribution is -2.32. The smallest absolute Gasteiger partial charge is 0.267 e. The number of hydrogen-bond donors (Lipinski definition) is 1. The second-order valence-corrected chi connectivity index (χ2v) is 7.01. The van der Waals surface area contributed by atoms with Gasteiger partial charge in [0.15, 0.2) is 6.10 Å². The summed E-state index contributed by atoms with van der Waals surface area (Å²) < 4.78 is 10.9. The van der Waals surface area contributed by atoms with Gasteiger partial charge in [0.05, 0.1) is 7.11 Å². The van der Waals surface area contributed by atoms with Crippen LogP contribution in [0.15, 0.2) is 48.5 Å². The Morgan fingerprint density at radius 1 is 1.11 bits per heavy atom. The highest BCUT2D eigenvalue weighted by Crippen LogP contribution is 2.28. The van der Waals surface area contributed by atoms with E-state index in [1.807, 2.05) is 31.2 Å². The van der Waals surface area contributed by atoms with Gasteiger partial charge >= 0.3 is 0 Å². The molecule has 6 nitrogen and oxygen atoms in total. The predicted octanol–water partition coefficient (Wildman–Crippen LogP) is 4.66. The van der Waals surface area contributed by atoms with Crippen molar-refractivity contribution in [2.24, 2.45) is 0 Å². The number of nitrogens with one attached hydrogen (secondary N) is 1. The van der Waals surface area contributed by atoms with Crippen molar-refractivity contribution >= 4 is 34.0 Å². The summed E-state index contributed by atoms with van der Waals surface area (Å²) >= 11 is 7.16. The van der Waals surface area contributed by atoms with E-state index in [2.05, 4.69) is 15.5 Å². The highest BCUT2D eigenvalue weighted by molar-refractivity contribution is 7.18. The number of aromatic nitrogens is 2. The van der Waals surface area contributed by atoms with Crippen LogP contribution in [-0.4, -0.2) is 29.3 Å². The monoisotopic (exact) mass is 403 g/mol. The second kappa shape index (κ2) is 8.83. The highest BCUT2D eigenvalue weighted by atomic mass is 35.5. The third kappa shape index (κ3) is 4.96. The number of halogens is 1. The number of methoxy groups -OCH3 is 1. The van der Waals surface area contributed by atoms with E-state index in [0.717, 1.165) is 11.3 Å². The molecule has 1 aromatic heterocycles. The van der Waals surface area contributed by atoms with Crippen LogP contribution in [0.5, 0.6) is 11.5 Å². The van der Waals surface area contributed by atoms with Crippen molar-refractivity contribution in [3.63, 3.8) is 0 Å². The fourth-order valence-electron chi connectivity index (χ4n) is 2.31. The minimum Gasteiger partial charge on any atom is -0.497 e. The molecule has 27 heavy (non-hydrogen) atoms. The van der Waals surface area contributed by atoms with E-state index >= 15 is 0 Å². The van der Waals surface area contributed by atoms with E-state index < -0.39 is 6.10 Å². The first-order chi connectivity index (χ1) is 13.1. The number of rotatable bonds is 7. The summed E-state index contributed by atoms with van der Waals surface area (Å²) in [6.45, 7) is 1.88. The molecule has 1 heterocycles. The van der Waals surface area contributed by atoms with E-state index in [9.17, 15) is 4.79 Å². The number of carbonyl (C=O) groups excluding carboxylic acids is 1. The number of nitrogens with zero attached hydrogens (tertiary/aromatic N) is 2. The molecule has 0 aliphatic carbocycles. The standard InChI is InChI=1S/C19H18ClN3O3S/c1-3-16(26-15-10-6-13(20)7-11-15)17(24)21-19-23-22-18(27-19)12-4-8-14(25-2)9-5-12/h4-11,16H,3H2,1-2H3,(H,21,23,24)/t16-/m0/s1. The third-order valence-corrected chi connectivity index (χ3v) is 4.89. The first kappa shape index (κ1) is 19.1. The molecule has 0 bridgehead atoms. The topological polar surface area (TPSA) is 73.3 Å². The van der Waals surface area contributed by atoms with Gasteiger partial charge in [0.2, 0.25) is 5.13 Å². The zero-order chi connectivity index (χ0) is 19.2. The van der Waals surface area contributed by atoms with Crippen molar-refractivity contribution in [3.8, 4) is 22.1 Å². The molecule has 3 aromatic rings. The summed E-state index contributed by atoms with van der Waals surface area (Å²) in [4.78, 5) is 12.5. The maximum atomic E-state index is 12.5. The highest BCUT2D eigenvalue weighted by Gasteiger charge is 2.20. The lowest BCUT2D eigenvalue weighted by molar-refractivity contribution is -0.122. The number of benzene rings is 2. The molecule has 0 aliphatic rings. The van der Waals surface area contributed by atoms with E-state index in [1.54, 1.807) is 31.4 Å². The summed E-state index contributed by atoms with van der Waals surface area (Å²) in [5.41, 5.74) is 0.901. The van der Waals surface area contributed by atoms with Crippen molar-refractivity contribution in [2.45, 2.75) is 19.4 Å². The van der Waals surface area contributed by atoms with Crippen molar-refractivity contribution in [1.29, 1.82) is 0 Å². The third-order valence-electron chi connectivity index (χ3n) is 3.75. The van der Waals surface area contributed by atoms with Crippen molar-refractivity contribution in [3.05, 3.63) is 53.6 Å². The number of anilines is 1. The maximum Gasteiger partial charge on any atom is 0.267 e. The van der Waals surface area contributed by atoms with Crippen LogP contribution in [0.3, 0.4) is 0 Å². The summed E-state index contributed by atoms with van der Waals surface area (Å²) in [5, 5.41) is 12.7. The van der Waals surface area contributed by atoms with E-state index in [1.165, 1.54) is 11.3 Å². The molecule has 1 N–H and O–H groups in total. The van der Waals surface area contributed by atoms with Crippen LogP contribution in [0.2, 0.25) is 5.02 Å². The van der Waals surface area contributed by atoms with Gasteiger partial charge in [-0.1, -0.05) is 29.9 Å². The Hall–Kier alpha value is -2.64. The molecule has 8 heteroatoms. The fraction of sp³-hybridized carbons (Fsp3) is 0.211. The number of amides is 1. The predicted molar refractivity (Wildman–Crippen MR) is 107 cm³/mol. The lowest BCUT2D eigenvalue weighted by Gasteiger charge is -2.16. The molecule has 0 saturated carbocycles. The summed E-state index contributed by atoms with van der Waals surface area (Å²) in [5.74, 6) is 1.07. The van der Waals surface area contributed by atoms with Gasteiger partial charge < -0.3 is 9.47 Å². The van der Waals surface area contributed by atoms with Crippen LogP contribution in [0.4, 0.5) is 5.13 Å². The minimum absolute atomic E-state index is 0.273. The van der Waals surface area contributed by atoms with Crippen LogP contribution in [-0.2, 0) is 4.79 Å². The van der Waals surface area contributed by atoms with Crippen LogP contribution in [0.1, 0.15) is 13.3 Å². The van der Waals surface area contributed by atoms with Gasteiger partial charge in [-0.25, -0.2) is 0 Å². The van der Waals surface area contributed by atoms with Gasteiger partial charge in [-0.2, -0.15) is 0 Å². The molecule has 3 rings (SSSR count). The molecular weight excluding hydrogens is 386 g/mol. The zero-order valence-corrected chi connectivity index (χ0v) is 16.4. The Labute approximate surface area is 166 Å². The van der Waals surface area contributed by atoms with E-state index in [4.69, 9.17) is 21.1 Å². The molecule has 2 aromatic carbocycles. The van der Waals surface area contributed by atoms with Crippen molar-refractivity contribution in [1.82, 2.24) is 10.2 Å². The summed E-state index contributed by atoms with van der Waals surface area (Å²) in [6, 6.07) is 14.4. The fourth-order valence-corrected chi connectivity index (χ4v) is 3.19.